The first-order valence-corrected chi connectivity index (χ1v) is 11.1. The van der Waals surface area contributed by atoms with Crippen LogP contribution in [0.5, 0.6) is 0 Å². The molecule has 0 radical (unpaired) electrons. The molecule has 2 aliphatic rings. The lowest BCUT2D eigenvalue weighted by molar-refractivity contribution is -0.129. The van der Waals surface area contributed by atoms with E-state index in [0.29, 0.717) is 12.1 Å². The summed E-state index contributed by atoms with van der Waals surface area (Å²) in [5, 5.41) is 5.60. The Labute approximate surface area is 193 Å². The summed E-state index contributed by atoms with van der Waals surface area (Å²) in [4.78, 5) is 42.5. The third kappa shape index (κ3) is 5.88. The van der Waals surface area contributed by atoms with Crippen LogP contribution in [0.2, 0.25) is 0 Å². The van der Waals surface area contributed by atoms with Crippen molar-refractivity contribution in [3.05, 3.63) is 60.2 Å². The summed E-state index contributed by atoms with van der Waals surface area (Å²) < 4.78 is 5.37. The molecule has 0 unspecified atom stereocenters. The molecule has 1 atom stereocenters. The molecule has 4 rings (SSSR count). The second-order valence-corrected chi connectivity index (χ2v) is 8.31. The number of urea groups is 1. The summed E-state index contributed by atoms with van der Waals surface area (Å²) in [6, 6.07) is 16.2. The molecule has 0 saturated carbocycles. The molecule has 2 saturated heterocycles. The van der Waals surface area contributed by atoms with E-state index in [1.807, 2.05) is 54.6 Å². The van der Waals surface area contributed by atoms with Crippen LogP contribution in [-0.2, 0) is 20.7 Å². The quantitative estimate of drug-likeness (QED) is 0.591. The maximum absolute atomic E-state index is 12.7. The van der Waals surface area contributed by atoms with Crippen molar-refractivity contribution in [1.29, 1.82) is 0 Å². The van der Waals surface area contributed by atoms with Crippen LogP contribution >= 0.6 is 0 Å². The number of carbonyl (C=O) groups excluding carboxylic acids is 3. The van der Waals surface area contributed by atoms with E-state index in [0.717, 1.165) is 42.5 Å². The number of nitrogens with one attached hydrogen (secondary N) is 2. The van der Waals surface area contributed by atoms with Gasteiger partial charge >= 0.3 is 6.03 Å². The molecule has 9 nitrogen and oxygen atoms in total. The van der Waals surface area contributed by atoms with E-state index in [9.17, 15) is 14.4 Å². The Kier molecular flexibility index (Phi) is 7.21. The summed E-state index contributed by atoms with van der Waals surface area (Å²) in [7, 11) is 1.70. The molecule has 4 amide bonds. The smallest absolute Gasteiger partial charge is 0.325 e. The van der Waals surface area contributed by atoms with Crippen molar-refractivity contribution in [3.8, 4) is 0 Å². The number of imide groups is 1. The first-order valence-electron chi connectivity index (χ1n) is 11.1. The van der Waals surface area contributed by atoms with E-state index in [-0.39, 0.29) is 25.0 Å². The molecular weight excluding hydrogens is 422 g/mol. The highest BCUT2D eigenvalue weighted by Crippen LogP contribution is 2.19. The zero-order valence-corrected chi connectivity index (χ0v) is 18.7. The molecule has 2 aromatic carbocycles. The number of nitrogens with zero attached hydrogens (tertiary/aromatic N) is 3. The molecule has 0 aromatic heterocycles. The van der Waals surface area contributed by atoms with Gasteiger partial charge in [-0.25, -0.2) is 9.69 Å². The Morgan fingerprint density at radius 1 is 1.09 bits per heavy atom. The number of carbonyl (C=O) groups is 3. The number of likely N-dealkylation sites (N-methyl/N-ethyl adjacent to an activating group) is 1. The number of anilines is 2. The summed E-state index contributed by atoms with van der Waals surface area (Å²) in [5.41, 5.74) is 2.77. The number of ether oxygens (including phenoxy) is 1. The van der Waals surface area contributed by atoms with Crippen LogP contribution in [-0.4, -0.2) is 80.3 Å². The average molecular weight is 452 g/mol. The van der Waals surface area contributed by atoms with E-state index in [2.05, 4.69) is 15.5 Å². The first kappa shape index (κ1) is 22.8. The summed E-state index contributed by atoms with van der Waals surface area (Å²) in [5.74, 6) is -0.501. The van der Waals surface area contributed by atoms with Gasteiger partial charge in [-0.15, -0.1) is 0 Å². The van der Waals surface area contributed by atoms with Gasteiger partial charge in [0.1, 0.15) is 6.04 Å². The van der Waals surface area contributed by atoms with Crippen molar-refractivity contribution in [2.75, 3.05) is 56.8 Å². The van der Waals surface area contributed by atoms with Crippen LogP contribution in [0.3, 0.4) is 0 Å². The van der Waals surface area contributed by atoms with Gasteiger partial charge in [-0.1, -0.05) is 30.3 Å². The number of hydrogen-bond acceptors (Lipinski definition) is 6. The lowest BCUT2D eigenvalue weighted by Gasteiger charge is -2.29. The van der Waals surface area contributed by atoms with Gasteiger partial charge in [-0.05, 0) is 36.9 Å². The zero-order chi connectivity index (χ0) is 23.2. The van der Waals surface area contributed by atoms with Gasteiger partial charge in [0.2, 0.25) is 5.91 Å². The first-order chi connectivity index (χ1) is 16.0. The number of benzene rings is 2. The fourth-order valence-corrected chi connectivity index (χ4v) is 4.01. The molecule has 2 fully saturated rings. The lowest BCUT2D eigenvalue weighted by Crippen LogP contribution is -2.43. The molecular formula is C24H29N5O4. The maximum atomic E-state index is 12.7. The SMILES string of the molecule is CN(CC(=O)Nc1ccc(N2CCOCC2)cc1)CN1C(=O)N[C@H](Cc2ccccc2)C1=O. The maximum Gasteiger partial charge on any atom is 0.325 e. The van der Waals surface area contributed by atoms with Crippen molar-refractivity contribution in [2.24, 2.45) is 0 Å². The van der Waals surface area contributed by atoms with Gasteiger partial charge < -0.3 is 20.3 Å². The number of hydrogen-bond donors (Lipinski definition) is 2. The van der Waals surface area contributed by atoms with E-state index in [4.69, 9.17) is 4.74 Å². The Bertz CT molecular complexity index is 976. The Balaban J connectivity index is 1.25. The Morgan fingerprint density at radius 2 is 1.79 bits per heavy atom. The molecule has 0 bridgehead atoms. The highest BCUT2D eigenvalue weighted by atomic mass is 16.5. The summed E-state index contributed by atoms with van der Waals surface area (Å²) in [6.45, 7) is 3.23. The Hall–Kier alpha value is -3.43. The molecule has 0 spiro atoms. The van der Waals surface area contributed by atoms with Crippen molar-refractivity contribution in [3.63, 3.8) is 0 Å². The van der Waals surface area contributed by atoms with Crippen LogP contribution in [0.15, 0.2) is 54.6 Å². The zero-order valence-electron chi connectivity index (χ0n) is 18.7. The topological polar surface area (TPSA) is 94.2 Å². The Morgan fingerprint density at radius 3 is 2.48 bits per heavy atom. The number of rotatable bonds is 8. The fourth-order valence-electron chi connectivity index (χ4n) is 4.01. The van der Waals surface area contributed by atoms with Crippen LogP contribution in [0, 0.1) is 0 Å². The predicted molar refractivity (Wildman–Crippen MR) is 125 cm³/mol. The number of morpholine rings is 1. The van der Waals surface area contributed by atoms with Crippen molar-refractivity contribution in [2.45, 2.75) is 12.5 Å². The number of amides is 4. The van der Waals surface area contributed by atoms with Crippen LogP contribution in [0.25, 0.3) is 0 Å². The second-order valence-electron chi connectivity index (χ2n) is 8.31. The molecule has 2 aromatic rings. The standard InChI is InChI=1S/C24H29N5O4/c1-27(17-29-23(31)21(26-24(29)32)15-18-5-3-2-4-6-18)16-22(30)25-19-7-9-20(10-8-19)28-11-13-33-14-12-28/h2-10,21H,11-17H2,1H3,(H,25,30)(H,26,32)/t21-/m1/s1. The largest absolute Gasteiger partial charge is 0.378 e. The summed E-state index contributed by atoms with van der Waals surface area (Å²) >= 11 is 0. The van der Waals surface area contributed by atoms with Crippen LogP contribution < -0.4 is 15.5 Å². The second kappa shape index (κ2) is 10.5. The van der Waals surface area contributed by atoms with Gasteiger partial charge in [-0.3, -0.25) is 14.5 Å². The third-order valence-corrected chi connectivity index (χ3v) is 5.71. The lowest BCUT2D eigenvalue weighted by atomic mass is 10.1. The minimum atomic E-state index is -0.591. The average Bonchev–Trinajstić information content (AvgIpc) is 3.08. The van der Waals surface area contributed by atoms with E-state index < -0.39 is 12.1 Å². The van der Waals surface area contributed by atoms with Crippen molar-refractivity contribution < 1.29 is 19.1 Å². The van der Waals surface area contributed by atoms with E-state index >= 15 is 0 Å². The molecule has 2 heterocycles. The third-order valence-electron chi connectivity index (χ3n) is 5.71. The molecule has 2 N–H and O–H groups in total. The molecule has 9 heteroatoms. The van der Waals surface area contributed by atoms with E-state index in [1.165, 1.54) is 0 Å². The van der Waals surface area contributed by atoms with Crippen molar-refractivity contribution >= 4 is 29.2 Å². The predicted octanol–water partition coefficient (Wildman–Crippen LogP) is 1.51. The van der Waals surface area contributed by atoms with Gasteiger partial charge in [0, 0.05) is 30.9 Å². The summed E-state index contributed by atoms with van der Waals surface area (Å²) in [6.07, 6.45) is 0.437. The molecule has 33 heavy (non-hydrogen) atoms. The minimum Gasteiger partial charge on any atom is -0.378 e. The van der Waals surface area contributed by atoms with Crippen LogP contribution in [0.1, 0.15) is 5.56 Å². The fraction of sp³-hybridized carbons (Fsp3) is 0.375. The normalized spacial score (nSPS) is 18.5. The molecule has 174 valence electrons. The highest BCUT2D eigenvalue weighted by Gasteiger charge is 2.38. The van der Waals surface area contributed by atoms with Crippen LogP contribution in [0.4, 0.5) is 16.2 Å². The monoisotopic (exact) mass is 451 g/mol. The van der Waals surface area contributed by atoms with Crippen molar-refractivity contribution in [1.82, 2.24) is 15.1 Å². The van der Waals surface area contributed by atoms with Gasteiger partial charge in [0.15, 0.2) is 0 Å². The molecule has 0 aliphatic carbocycles. The van der Waals surface area contributed by atoms with E-state index in [1.54, 1.807) is 11.9 Å². The van der Waals surface area contributed by atoms with Gasteiger partial charge in [0.05, 0.1) is 26.4 Å². The van der Waals surface area contributed by atoms with Gasteiger partial charge in [-0.2, -0.15) is 0 Å². The van der Waals surface area contributed by atoms with Gasteiger partial charge in [0.25, 0.3) is 5.91 Å². The highest BCUT2D eigenvalue weighted by molar-refractivity contribution is 6.04. The molecule has 2 aliphatic heterocycles. The minimum absolute atomic E-state index is 0.0410.